The second-order valence-corrected chi connectivity index (χ2v) is 7.90. The molecular formula is C26H28N4O2. The number of carbonyl (C=O) groups excluding carboxylic acids is 2. The second-order valence-electron chi connectivity index (χ2n) is 7.90. The quantitative estimate of drug-likeness (QED) is 0.469. The SMILES string of the molecule is O=C(Nc1ccccc1)Nc1cc(NC(=O)c2ccccc2)ccc1N1CCCCCC1. The van der Waals surface area contributed by atoms with Gasteiger partial charge in [0.1, 0.15) is 0 Å². The molecule has 6 nitrogen and oxygen atoms in total. The number of para-hydroxylation sites is 1. The Morgan fingerprint density at radius 1 is 0.656 bits per heavy atom. The van der Waals surface area contributed by atoms with E-state index < -0.39 is 0 Å². The number of hydrogen-bond acceptors (Lipinski definition) is 3. The van der Waals surface area contributed by atoms with E-state index >= 15 is 0 Å². The summed E-state index contributed by atoms with van der Waals surface area (Å²) in [7, 11) is 0. The molecule has 0 unspecified atom stereocenters. The number of rotatable bonds is 5. The third-order valence-electron chi connectivity index (χ3n) is 5.52. The van der Waals surface area contributed by atoms with Crippen molar-refractivity contribution < 1.29 is 9.59 Å². The standard InChI is InChI=1S/C26H28N4O2/c31-25(20-11-5-3-6-12-20)27-22-15-16-24(30-17-9-1-2-10-18-30)23(19-22)29-26(32)28-21-13-7-4-8-14-21/h3-8,11-16,19H,1-2,9-10,17-18H2,(H,27,31)(H2,28,29,32). The fourth-order valence-corrected chi connectivity index (χ4v) is 3.90. The highest BCUT2D eigenvalue weighted by Gasteiger charge is 2.17. The highest BCUT2D eigenvalue weighted by Crippen LogP contribution is 2.31. The maximum absolute atomic E-state index is 12.7. The van der Waals surface area contributed by atoms with E-state index in [1.165, 1.54) is 12.8 Å². The van der Waals surface area contributed by atoms with Crippen LogP contribution in [0.2, 0.25) is 0 Å². The Hall–Kier alpha value is -3.80. The monoisotopic (exact) mass is 428 g/mol. The predicted octanol–water partition coefficient (Wildman–Crippen LogP) is 5.96. The van der Waals surface area contributed by atoms with E-state index in [-0.39, 0.29) is 11.9 Å². The molecular weight excluding hydrogens is 400 g/mol. The summed E-state index contributed by atoms with van der Waals surface area (Å²) in [6.45, 7) is 1.90. The number of anilines is 4. The molecule has 164 valence electrons. The van der Waals surface area contributed by atoms with Gasteiger partial charge < -0.3 is 20.9 Å². The fraction of sp³-hybridized carbons (Fsp3) is 0.231. The second kappa shape index (κ2) is 10.5. The van der Waals surface area contributed by atoms with Gasteiger partial charge in [-0.1, -0.05) is 49.2 Å². The summed E-state index contributed by atoms with van der Waals surface area (Å²) < 4.78 is 0. The Morgan fingerprint density at radius 2 is 1.31 bits per heavy atom. The van der Waals surface area contributed by atoms with Gasteiger partial charge in [-0.2, -0.15) is 0 Å². The van der Waals surface area contributed by atoms with Gasteiger partial charge in [-0.05, 0) is 55.3 Å². The van der Waals surface area contributed by atoms with Gasteiger partial charge in [0.05, 0.1) is 11.4 Å². The van der Waals surface area contributed by atoms with Crippen LogP contribution in [0.25, 0.3) is 0 Å². The maximum Gasteiger partial charge on any atom is 0.323 e. The molecule has 0 bridgehead atoms. The third-order valence-corrected chi connectivity index (χ3v) is 5.52. The smallest absolute Gasteiger partial charge is 0.323 e. The van der Waals surface area contributed by atoms with Gasteiger partial charge in [-0.15, -0.1) is 0 Å². The number of carbonyl (C=O) groups is 2. The van der Waals surface area contributed by atoms with Crippen LogP contribution in [0.1, 0.15) is 36.0 Å². The number of benzene rings is 3. The fourth-order valence-electron chi connectivity index (χ4n) is 3.90. The minimum Gasteiger partial charge on any atom is -0.370 e. The van der Waals surface area contributed by atoms with Crippen LogP contribution in [0.15, 0.2) is 78.9 Å². The molecule has 0 aromatic heterocycles. The predicted molar refractivity (Wildman–Crippen MR) is 131 cm³/mol. The number of nitrogens with zero attached hydrogens (tertiary/aromatic N) is 1. The van der Waals surface area contributed by atoms with E-state index in [1.54, 1.807) is 12.1 Å². The van der Waals surface area contributed by atoms with E-state index in [4.69, 9.17) is 0 Å². The van der Waals surface area contributed by atoms with Gasteiger partial charge in [-0.3, -0.25) is 4.79 Å². The summed E-state index contributed by atoms with van der Waals surface area (Å²) in [5.74, 6) is -0.187. The van der Waals surface area contributed by atoms with Crippen molar-refractivity contribution in [3.63, 3.8) is 0 Å². The Kier molecular flexibility index (Phi) is 7.02. The van der Waals surface area contributed by atoms with E-state index in [0.29, 0.717) is 16.9 Å². The Balaban J connectivity index is 1.56. The third kappa shape index (κ3) is 5.66. The highest BCUT2D eigenvalue weighted by molar-refractivity contribution is 6.06. The lowest BCUT2D eigenvalue weighted by atomic mass is 10.1. The molecule has 6 heteroatoms. The molecule has 32 heavy (non-hydrogen) atoms. The minimum absolute atomic E-state index is 0.187. The van der Waals surface area contributed by atoms with Gasteiger partial charge in [0.2, 0.25) is 0 Å². The van der Waals surface area contributed by atoms with Gasteiger partial charge in [-0.25, -0.2) is 4.79 Å². The van der Waals surface area contributed by atoms with Gasteiger partial charge in [0, 0.05) is 30.0 Å². The summed E-state index contributed by atoms with van der Waals surface area (Å²) in [6, 6.07) is 23.8. The van der Waals surface area contributed by atoms with Crippen LogP contribution in [0.3, 0.4) is 0 Å². The topological polar surface area (TPSA) is 73.5 Å². The summed E-state index contributed by atoms with van der Waals surface area (Å²) in [4.78, 5) is 27.6. The summed E-state index contributed by atoms with van der Waals surface area (Å²) in [6.07, 6.45) is 4.70. The first kappa shape index (κ1) is 21.4. The molecule has 3 N–H and O–H groups in total. The molecule has 1 heterocycles. The zero-order chi connectivity index (χ0) is 22.2. The molecule has 3 aromatic carbocycles. The number of nitrogens with one attached hydrogen (secondary N) is 3. The molecule has 0 spiro atoms. The van der Waals surface area contributed by atoms with Gasteiger partial charge >= 0.3 is 6.03 Å². The maximum atomic E-state index is 12.7. The zero-order valence-corrected chi connectivity index (χ0v) is 18.0. The average molecular weight is 429 g/mol. The first-order chi connectivity index (χ1) is 15.7. The Morgan fingerprint density at radius 3 is 2.00 bits per heavy atom. The molecule has 3 aromatic rings. The largest absolute Gasteiger partial charge is 0.370 e. The van der Waals surface area contributed by atoms with E-state index in [0.717, 1.165) is 37.3 Å². The molecule has 1 fully saturated rings. The van der Waals surface area contributed by atoms with Crippen molar-refractivity contribution in [2.75, 3.05) is 33.9 Å². The van der Waals surface area contributed by atoms with E-state index in [2.05, 4.69) is 20.9 Å². The Bertz CT molecular complexity index is 1050. The van der Waals surface area contributed by atoms with Crippen LogP contribution < -0.4 is 20.9 Å². The summed E-state index contributed by atoms with van der Waals surface area (Å²) in [5, 5.41) is 8.79. The average Bonchev–Trinajstić information content (AvgIpc) is 3.10. The number of urea groups is 1. The van der Waals surface area contributed by atoms with Crippen molar-refractivity contribution in [2.24, 2.45) is 0 Å². The molecule has 1 saturated heterocycles. The molecule has 0 saturated carbocycles. The minimum atomic E-state index is -0.321. The van der Waals surface area contributed by atoms with Crippen LogP contribution in [0, 0.1) is 0 Å². The first-order valence-corrected chi connectivity index (χ1v) is 11.1. The molecule has 3 amide bonds. The van der Waals surface area contributed by atoms with Crippen molar-refractivity contribution in [1.82, 2.24) is 0 Å². The Labute approximate surface area is 188 Å². The lowest BCUT2D eigenvalue weighted by Gasteiger charge is -2.26. The lowest BCUT2D eigenvalue weighted by Crippen LogP contribution is -2.27. The summed E-state index contributed by atoms with van der Waals surface area (Å²) in [5.41, 5.74) is 3.57. The van der Waals surface area contributed by atoms with Crippen molar-refractivity contribution in [2.45, 2.75) is 25.7 Å². The zero-order valence-electron chi connectivity index (χ0n) is 18.0. The van der Waals surface area contributed by atoms with E-state index in [1.807, 2.05) is 66.7 Å². The van der Waals surface area contributed by atoms with Gasteiger partial charge in [0.25, 0.3) is 5.91 Å². The lowest BCUT2D eigenvalue weighted by molar-refractivity contribution is 0.102. The molecule has 4 rings (SSSR count). The normalized spacial score (nSPS) is 13.7. The molecule has 1 aliphatic rings. The van der Waals surface area contributed by atoms with Gasteiger partial charge in [0.15, 0.2) is 0 Å². The molecule has 0 radical (unpaired) electrons. The van der Waals surface area contributed by atoms with Crippen molar-refractivity contribution in [3.8, 4) is 0 Å². The van der Waals surface area contributed by atoms with Crippen LogP contribution >= 0.6 is 0 Å². The van der Waals surface area contributed by atoms with Crippen molar-refractivity contribution in [3.05, 3.63) is 84.4 Å². The summed E-state index contributed by atoms with van der Waals surface area (Å²) >= 11 is 0. The van der Waals surface area contributed by atoms with Crippen LogP contribution in [0.4, 0.5) is 27.5 Å². The number of amides is 3. The molecule has 1 aliphatic heterocycles. The molecule has 0 aliphatic carbocycles. The highest BCUT2D eigenvalue weighted by atomic mass is 16.2. The van der Waals surface area contributed by atoms with Crippen molar-refractivity contribution in [1.29, 1.82) is 0 Å². The molecule has 0 atom stereocenters. The van der Waals surface area contributed by atoms with E-state index in [9.17, 15) is 9.59 Å². The first-order valence-electron chi connectivity index (χ1n) is 11.1. The van der Waals surface area contributed by atoms with Crippen LogP contribution in [-0.2, 0) is 0 Å². The van der Waals surface area contributed by atoms with Crippen LogP contribution in [-0.4, -0.2) is 25.0 Å². The van der Waals surface area contributed by atoms with Crippen molar-refractivity contribution >= 4 is 34.7 Å². The van der Waals surface area contributed by atoms with Crippen LogP contribution in [0.5, 0.6) is 0 Å². The number of hydrogen-bond donors (Lipinski definition) is 3.